The van der Waals surface area contributed by atoms with E-state index >= 15 is 0 Å². The summed E-state index contributed by atoms with van der Waals surface area (Å²) in [6.07, 6.45) is 1.87. The zero-order chi connectivity index (χ0) is 13.7. The van der Waals surface area contributed by atoms with Gasteiger partial charge in [0, 0.05) is 24.8 Å². The Bertz CT molecular complexity index is 537. The summed E-state index contributed by atoms with van der Waals surface area (Å²) in [6, 6.07) is 13.0. The fraction of sp³-hybridized carbons (Fsp3) is 0.267. The molecule has 0 unspecified atom stereocenters. The van der Waals surface area contributed by atoms with E-state index in [0.717, 1.165) is 13.1 Å². The Kier molecular flexibility index (Phi) is 6.28. The molecule has 2 rings (SSSR count). The molecule has 1 heterocycles. The van der Waals surface area contributed by atoms with Gasteiger partial charge in [0.1, 0.15) is 5.69 Å². The second kappa shape index (κ2) is 7.72. The lowest BCUT2D eigenvalue weighted by Gasteiger charge is -2.14. The number of hydrogen-bond acceptors (Lipinski definition) is 3. The first-order valence-electron chi connectivity index (χ1n) is 6.34. The van der Waals surface area contributed by atoms with Crippen molar-refractivity contribution in [1.29, 1.82) is 0 Å². The van der Waals surface area contributed by atoms with Crippen LogP contribution in [0.3, 0.4) is 0 Å². The fourth-order valence-electron chi connectivity index (χ4n) is 1.84. The average Bonchev–Trinajstić information content (AvgIpc) is 2.87. The SMILES string of the molecule is CN(C)CCNn1cccc1C(=O)c1ccccc1.Cl. The molecule has 0 saturated heterocycles. The lowest BCUT2D eigenvalue weighted by molar-refractivity contribution is 0.103. The van der Waals surface area contributed by atoms with Crippen LogP contribution in [0.25, 0.3) is 0 Å². The van der Waals surface area contributed by atoms with Crippen LogP contribution in [-0.4, -0.2) is 42.5 Å². The van der Waals surface area contributed by atoms with Gasteiger partial charge in [0.05, 0.1) is 0 Å². The van der Waals surface area contributed by atoms with E-state index < -0.39 is 0 Å². The van der Waals surface area contributed by atoms with Crippen molar-refractivity contribution in [2.75, 3.05) is 32.6 Å². The predicted octanol–water partition coefficient (Wildman–Crippen LogP) is 2.25. The maximum Gasteiger partial charge on any atom is 0.211 e. The third-order valence-electron chi connectivity index (χ3n) is 2.86. The monoisotopic (exact) mass is 293 g/mol. The Balaban J connectivity index is 0.00000200. The van der Waals surface area contributed by atoms with Crippen molar-refractivity contribution in [2.24, 2.45) is 0 Å². The van der Waals surface area contributed by atoms with Gasteiger partial charge < -0.3 is 10.3 Å². The topological polar surface area (TPSA) is 37.3 Å². The van der Waals surface area contributed by atoms with Gasteiger partial charge in [0.2, 0.25) is 5.78 Å². The number of benzene rings is 1. The van der Waals surface area contributed by atoms with Crippen LogP contribution in [0.2, 0.25) is 0 Å². The molecule has 0 atom stereocenters. The third-order valence-corrected chi connectivity index (χ3v) is 2.86. The molecule has 0 spiro atoms. The first-order valence-corrected chi connectivity index (χ1v) is 6.34. The van der Waals surface area contributed by atoms with Crippen molar-refractivity contribution in [3.05, 3.63) is 59.9 Å². The molecule has 0 amide bonds. The molecule has 108 valence electrons. The molecular weight excluding hydrogens is 274 g/mol. The molecule has 2 aromatic rings. The molecule has 0 bridgehead atoms. The maximum absolute atomic E-state index is 12.4. The molecule has 1 aromatic heterocycles. The molecule has 20 heavy (non-hydrogen) atoms. The minimum Gasteiger partial charge on any atom is -0.324 e. The molecule has 4 nitrogen and oxygen atoms in total. The van der Waals surface area contributed by atoms with E-state index in [1.807, 2.05) is 62.8 Å². The average molecular weight is 294 g/mol. The molecule has 1 aromatic carbocycles. The van der Waals surface area contributed by atoms with Gasteiger partial charge in [0.25, 0.3) is 0 Å². The summed E-state index contributed by atoms with van der Waals surface area (Å²) in [4.78, 5) is 14.4. The minimum absolute atomic E-state index is 0. The van der Waals surface area contributed by atoms with Gasteiger partial charge >= 0.3 is 0 Å². The van der Waals surface area contributed by atoms with Gasteiger partial charge in [-0.05, 0) is 26.2 Å². The molecule has 0 saturated carbocycles. The lowest BCUT2D eigenvalue weighted by Crippen LogP contribution is -2.27. The van der Waals surface area contributed by atoms with E-state index in [0.29, 0.717) is 11.3 Å². The summed E-state index contributed by atoms with van der Waals surface area (Å²) in [5.41, 5.74) is 4.59. The van der Waals surface area contributed by atoms with Gasteiger partial charge in [-0.25, -0.2) is 0 Å². The number of carbonyl (C=O) groups is 1. The van der Waals surface area contributed by atoms with Crippen LogP contribution in [0.15, 0.2) is 48.7 Å². The van der Waals surface area contributed by atoms with Crippen LogP contribution in [0.5, 0.6) is 0 Å². The van der Waals surface area contributed by atoms with Gasteiger partial charge in [-0.2, -0.15) is 0 Å². The van der Waals surface area contributed by atoms with E-state index in [4.69, 9.17) is 0 Å². The van der Waals surface area contributed by atoms with Crippen molar-refractivity contribution in [2.45, 2.75) is 0 Å². The molecule has 0 aliphatic carbocycles. The Hall–Kier alpha value is -1.78. The summed E-state index contributed by atoms with van der Waals surface area (Å²) >= 11 is 0. The van der Waals surface area contributed by atoms with E-state index in [-0.39, 0.29) is 18.2 Å². The fourth-order valence-corrected chi connectivity index (χ4v) is 1.84. The Morgan fingerprint density at radius 2 is 1.85 bits per heavy atom. The van der Waals surface area contributed by atoms with Crippen LogP contribution in [0.4, 0.5) is 0 Å². The van der Waals surface area contributed by atoms with Gasteiger partial charge in [-0.15, -0.1) is 12.4 Å². The summed E-state index contributed by atoms with van der Waals surface area (Å²) in [6.45, 7) is 1.70. The quantitative estimate of drug-likeness (QED) is 0.830. The number of halogens is 1. The Morgan fingerprint density at radius 1 is 1.15 bits per heavy atom. The number of nitrogens with one attached hydrogen (secondary N) is 1. The highest BCUT2D eigenvalue weighted by atomic mass is 35.5. The smallest absolute Gasteiger partial charge is 0.211 e. The molecule has 0 fully saturated rings. The molecule has 1 N–H and O–H groups in total. The number of aromatic nitrogens is 1. The number of carbonyl (C=O) groups excluding carboxylic acids is 1. The van der Waals surface area contributed by atoms with Crippen LogP contribution >= 0.6 is 12.4 Å². The standard InChI is InChI=1S/C15H19N3O.ClH/c1-17(2)12-10-16-18-11-6-9-14(18)15(19)13-7-4-3-5-8-13;/h3-9,11,16H,10,12H2,1-2H3;1H. The van der Waals surface area contributed by atoms with Gasteiger partial charge in [-0.3, -0.25) is 9.47 Å². The molecular formula is C15H20ClN3O. The van der Waals surface area contributed by atoms with Crippen LogP contribution in [-0.2, 0) is 0 Å². The zero-order valence-electron chi connectivity index (χ0n) is 11.7. The van der Waals surface area contributed by atoms with Gasteiger partial charge in [-0.1, -0.05) is 30.3 Å². The normalized spacial score (nSPS) is 10.2. The Morgan fingerprint density at radius 3 is 2.50 bits per heavy atom. The number of ketones is 1. The van der Waals surface area contributed by atoms with Crippen molar-refractivity contribution >= 4 is 18.2 Å². The largest absolute Gasteiger partial charge is 0.324 e. The Labute approximate surface area is 125 Å². The van der Waals surface area contributed by atoms with Crippen LogP contribution in [0, 0.1) is 0 Å². The van der Waals surface area contributed by atoms with Crippen LogP contribution in [0.1, 0.15) is 16.1 Å². The van der Waals surface area contributed by atoms with E-state index in [2.05, 4.69) is 10.3 Å². The maximum atomic E-state index is 12.4. The van der Waals surface area contributed by atoms with Crippen molar-refractivity contribution in [1.82, 2.24) is 9.58 Å². The molecule has 0 radical (unpaired) electrons. The second-order valence-corrected chi connectivity index (χ2v) is 4.67. The minimum atomic E-state index is 0. The van der Waals surface area contributed by atoms with E-state index in [1.54, 1.807) is 4.68 Å². The van der Waals surface area contributed by atoms with E-state index in [9.17, 15) is 4.79 Å². The highest BCUT2D eigenvalue weighted by molar-refractivity contribution is 6.08. The zero-order valence-corrected chi connectivity index (χ0v) is 12.6. The summed E-state index contributed by atoms with van der Waals surface area (Å²) in [5.74, 6) is 0.0305. The lowest BCUT2D eigenvalue weighted by atomic mass is 10.1. The van der Waals surface area contributed by atoms with Crippen molar-refractivity contribution < 1.29 is 4.79 Å². The number of rotatable bonds is 6. The van der Waals surface area contributed by atoms with Crippen molar-refractivity contribution in [3.63, 3.8) is 0 Å². The highest BCUT2D eigenvalue weighted by Crippen LogP contribution is 2.09. The summed E-state index contributed by atoms with van der Waals surface area (Å²) in [7, 11) is 4.04. The first kappa shape index (κ1) is 16.3. The van der Waals surface area contributed by atoms with Crippen molar-refractivity contribution in [3.8, 4) is 0 Å². The first-order chi connectivity index (χ1) is 9.18. The predicted molar refractivity (Wildman–Crippen MR) is 84.3 cm³/mol. The number of likely N-dealkylation sites (N-methyl/N-ethyl adjacent to an activating group) is 1. The third kappa shape index (κ3) is 4.11. The second-order valence-electron chi connectivity index (χ2n) is 4.67. The van der Waals surface area contributed by atoms with Gasteiger partial charge in [0.15, 0.2) is 0 Å². The number of hydrogen-bond donors (Lipinski definition) is 1. The van der Waals surface area contributed by atoms with E-state index in [1.165, 1.54) is 0 Å². The number of nitrogens with zero attached hydrogens (tertiary/aromatic N) is 2. The molecule has 0 aliphatic rings. The van der Waals surface area contributed by atoms with Crippen LogP contribution < -0.4 is 5.43 Å². The summed E-state index contributed by atoms with van der Waals surface area (Å²) < 4.78 is 1.79. The molecule has 0 aliphatic heterocycles. The molecule has 5 heteroatoms. The highest BCUT2D eigenvalue weighted by Gasteiger charge is 2.12. The summed E-state index contributed by atoms with van der Waals surface area (Å²) in [5, 5.41) is 0.